The molecule has 0 saturated carbocycles. The molecule has 0 aliphatic carbocycles. The summed E-state index contributed by atoms with van der Waals surface area (Å²) in [7, 11) is 3.49. The Labute approximate surface area is 192 Å². The largest absolute Gasteiger partial charge is 0.437 e. The fourth-order valence-electron chi connectivity index (χ4n) is 4.19. The number of hydrogen-bond acceptors (Lipinski definition) is 6. The van der Waals surface area contributed by atoms with Crippen LogP contribution in [0.4, 0.5) is 5.82 Å². The summed E-state index contributed by atoms with van der Waals surface area (Å²) < 4.78 is 12.0. The zero-order chi connectivity index (χ0) is 22.8. The zero-order valence-electron chi connectivity index (χ0n) is 18.7. The third-order valence-corrected chi connectivity index (χ3v) is 5.87. The molecule has 1 saturated heterocycles. The van der Waals surface area contributed by atoms with Crippen molar-refractivity contribution in [3.8, 4) is 22.5 Å². The van der Waals surface area contributed by atoms with E-state index >= 15 is 0 Å². The van der Waals surface area contributed by atoms with Crippen LogP contribution in [0.1, 0.15) is 23.2 Å². The van der Waals surface area contributed by atoms with Crippen LogP contribution in [0.15, 0.2) is 65.3 Å². The third kappa shape index (κ3) is 4.19. The predicted molar refractivity (Wildman–Crippen MR) is 128 cm³/mol. The van der Waals surface area contributed by atoms with Gasteiger partial charge in [0.25, 0.3) is 5.91 Å². The number of carbonyl (C=O) groups is 1. The summed E-state index contributed by atoms with van der Waals surface area (Å²) in [6, 6.07) is 17.6. The van der Waals surface area contributed by atoms with Gasteiger partial charge >= 0.3 is 0 Å². The fraction of sp³-hybridized carbons (Fsp3) is 0.269. The van der Waals surface area contributed by atoms with Gasteiger partial charge in [-0.15, -0.1) is 0 Å². The van der Waals surface area contributed by atoms with Gasteiger partial charge in [-0.2, -0.15) is 0 Å². The number of anilines is 1. The molecule has 1 N–H and O–H groups in total. The summed E-state index contributed by atoms with van der Waals surface area (Å²) in [5.41, 5.74) is 3.94. The Morgan fingerprint density at radius 2 is 1.85 bits per heavy atom. The van der Waals surface area contributed by atoms with Crippen molar-refractivity contribution in [1.82, 2.24) is 14.9 Å². The zero-order valence-corrected chi connectivity index (χ0v) is 18.7. The van der Waals surface area contributed by atoms with Crippen LogP contribution >= 0.6 is 0 Å². The molecule has 3 heterocycles. The Bertz CT molecular complexity index is 1260. The monoisotopic (exact) mass is 442 g/mol. The van der Waals surface area contributed by atoms with Crippen molar-refractivity contribution in [1.29, 1.82) is 0 Å². The van der Waals surface area contributed by atoms with E-state index in [9.17, 15) is 4.79 Å². The molecule has 1 fully saturated rings. The Hall–Kier alpha value is -3.71. The highest BCUT2D eigenvalue weighted by atomic mass is 16.5. The van der Waals surface area contributed by atoms with Gasteiger partial charge in [0.05, 0.1) is 11.5 Å². The quantitative estimate of drug-likeness (QED) is 0.460. The van der Waals surface area contributed by atoms with Crippen molar-refractivity contribution in [3.05, 3.63) is 66.5 Å². The second kappa shape index (κ2) is 9.03. The lowest BCUT2D eigenvalue weighted by molar-refractivity contribution is 0.0827. The molecule has 1 aliphatic rings. The van der Waals surface area contributed by atoms with Gasteiger partial charge in [0.15, 0.2) is 0 Å². The smallest absolute Gasteiger partial charge is 0.253 e. The number of nitrogens with zero attached hydrogens (tertiary/aromatic N) is 3. The highest BCUT2D eigenvalue weighted by molar-refractivity contribution is 6.06. The van der Waals surface area contributed by atoms with Crippen molar-refractivity contribution in [2.75, 3.05) is 32.6 Å². The number of ether oxygens (including phenoxy) is 1. The van der Waals surface area contributed by atoms with E-state index < -0.39 is 0 Å². The van der Waals surface area contributed by atoms with E-state index in [0.717, 1.165) is 47.3 Å². The molecule has 0 unspecified atom stereocenters. The van der Waals surface area contributed by atoms with Gasteiger partial charge in [0.1, 0.15) is 17.9 Å². The van der Waals surface area contributed by atoms with Crippen molar-refractivity contribution in [2.45, 2.75) is 18.9 Å². The van der Waals surface area contributed by atoms with Gasteiger partial charge in [-0.1, -0.05) is 42.5 Å². The highest BCUT2D eigenvalue weighted by Crippen LogP contribution is 2.42. The number of rotatable bonds is 6. The number of hydrogen-bond donors (Lipinski definition) is 1. The number of carbonyl (C=O) groups excluding carboxylic acids is 1. The van der Waals surface area contributed by atoms with Gasteiger partial charge in [0.2, 0.25) is 5.71 Å². The fourth-order valence-corrected chi connectivity index (χ4v) is 4.19. The van der Waals surface area contributed by atoms with Crippen LogP contribution in [0.25, 0.3) is 33.6 Å². The molecule has 0 spiro atoms. The summed E-state index contributed by atoms with van der Waals surface area (Å²) in [4.78, 5) is 22.8. The van der Waals surface area contributed by atoms with Crippen molar-refractivity contribution in [2.24, 2.45) is 0 Å². The molecule has 1 atom stereocenters. The van der Waals surface area contributed by atoms with E-state index in [2.05, 4.69) is 27.4 Å². The normalized spacial score (nSPS) is 15.6. The molecular formula is C26H26N4O3. The Morgan fingerprint density at radius 3 is 2.55 bits per heavy atom. The Balaban J connectivity index is 1.61. The number of benzene rings is 2. The summed E-state index contributed by atoms with van der Waals surface area (Å²) in [6.07, 6.45) is 3.83. The molecule has 1 amide bonds. The lowest BCUT2D eigenvalue weighted by atomic mass is 9.98. The molecule has 0 radical (unpaired) electrons. The van der Waals surface area contributed by atoms with Gasteiger partial charge < -0.3 is 19.4 Å². The summed E-state index contributed by atoms with van der Waals surface area (Å²) >= 11 is 0. The van der Waals surface area contributed by atoms with Gasteiger partial charge in [-0.05, 0) is 30.5 Å². The minimum atomic E-state index is -0.0408. The van der Waals surface area contributed by atoms with E-state index in [0.29, 0.717) is 23.6 Å². The number of amides is 1. The molecule has 0 bridgehead atoms. The van der Waals surface area contributed by atoms with E-state index in [1.54, 1.807) is 19.0 Å². The first-order valence-electron chi connectivity index (χ1n) is 11.1. The first-order valence-corrected chi connectivity index (χ1v) is 11.1. The van der Waals surface area contributed by atoms with Crippen molar-refractivity contribution >= 4 is 22.8 Å². The molecule has 168 valence electrons. The Kier molecular flexibility index (Phi) is 5.79. The summed E-state index contributed by atoms with van der Waals surface area (Å²) in [6.45, 7) is 1.49. The molecule has 7 nitrogen and oxygen atoms in total. The average Bonchev–Trinajstić information content (AvgIpc) is 3.51. The maximum atomic E-state index is 12.3. The molecule has 5 rings (SSSR count). The van der Waals surface area contributed by atoms with Crippen molar-refractivity contribution < 1.29 is 13.9 Å². The minimum Gasteiger partial charge on any atom is -0.437 e. The van der Waals surface area contributed by atoms with Crippen LogP contribution in [0, 0.1) is 0 Å². The average molecular weight is 443 g/mol. The molecule has 7 heteroatoms. The Morgan fingerprint density at radius 1 is 1.06 bits per heavy atom. The lowest BCUT2D eigenvalue weighted by Crippen LogP contribution is -2.21. The maximum Gasteiger partial charge on any atom is 0.253 e. The summed E-state index contributed by atoms with van der Waals surface area (Å²) in [5, 5.41) is 4.29. The SMILES string of the molecule is CN(C)C(=O)c1ccc(-c2oc3ncnc(NC[C@@H]4CCCO4)c3c2-c2ccccc2)cc1. The summed E-state index contributed by atoms with van der Waals surface area (Å²) in [5.74, 6) is 1.38. The first-order chi connectivity index (χ1) is 16.1. The first kappa shape index (κ1) is 21.2. The van der Waals surface area contributed by atoms with E-state index in [-0.39, 0.29) is 12.0 Å². The molecule has 1 aliphatic heterocycles. The van der Waals surface area contributed by atoms with Crippen LogP contribution in [-0.4, -0.2) is 54.1 Å². The molecule has 33 heavy (non-hydrogen) atoms. The molecule has 4 aromatic rings. The molecule has 2 aromatic heterocycles. The van der Waals surface area contributed by atoms with Crippen LogP contribution < -0.4 is 5.32 Å². The number of fused-ring (bicyclic) bond motifs is 1. The molecule has 2 aromatic carbocycles. The highest BCUT2D eigenvalue weighted by Gasteiger charge is 2.23. The third-order valence-electron chi connectivity index (χ3n) is 5.87. The number of furan rings is 1. The van der Waals surface area contributed by atoms with Crippen molar-refractivity contribution in [3.63, 3.8) is 0 Å². The van der Waals surface area contributed by atoms with Gasteiger partial charge in [-0.3, -0.25) is 4.79 Å². The van der Waals surface area contributed by atoms with Crippen LogP contribution in [0.5, 0.6) is 0 Å². The van der Waals surface area contributed by atoms with E-state index in [1.165, 1.54) is 6.33 Å². The minimum absolute atomic E-state index is 0.0408. The van der Waals surface area contributed by atoms with Crippen LogP contribution in [0.3, 0.4) is 0 Å². The lowest BCUT2D eigenvalue weighted by Gasteiger charge is -2.12. The van der Waals surface area contributed by atoms with Crippen LogP contribution in [-0.2, 0) is 4.74 Å². The molecular weight excluding hydrogens is 416 g/mol. The van der Waals surface area contributed by atoms with Gasteiger partial charge in [0, 0.05) is 43.9 Å². The van der Waals surface area contributed by atoms with Crippen LogP contribution in [0.2, 0.25) is 0 Å². The number of nitrogens with one attached hydrogen (secondary N) is 1. The maximum absolute atomic E-state index is 12.3. The predicted octanol–water partition coefficient (Wildman–Crippen LogP) is 4.85. The standard InChI is InChI=1S/C26H26N4O3/c1-30(2)26(31)19-12-10-18(11-13-19)23-21(17-7-4-3-5-8-17)22-24(28-16-29-25(22)33-23)27-15-20-9-6-14-32-20/h3-5,7-8,10-13,16,20H,6,9,14-15H2,1-2H3,(H,27,28,29)/t20-/m0/s1. The second-order valence-corrected chi connectivity index (χ2v) is 8.37. The topological polar surface area (TPSA) is 80.5 Å². The van der Waals surface area contributed by atoms with E-state index in [4.69, 9.17) is 9.15 Å². The van der Waals surface area contributed by atoms with Gasteiger partial charge in [-0.25, -0.2) is 9.97 Å². The van der Waals surface area contributed by atoms with E-state index in [1.807, 2.05) is 42.5 Å². The number of aromatic nitrogens is 2. The second-order valence-electron chi connectivity index (χ2n) is 8.37.